The molecule has 8 rings (SSSR count). The summed E-state index contributed by atoms with van der Waals surface area (Å²) in [5, 5.41) is 1.38. The number of piperidine rings is 2. The van der Waals surface area contributed by atoms with Crippen molar-refractivity contribution < 1.29 is 0 Å². The normalized spacial score (nSPS) is 15.7. The van der Waals surface area contributed by atoms with Crippen molar-refractivity contribution >= 4 is 10.9 Å². The van der Waals surface area contributed by atoms with Crippen molar-refractivity contribution in [1.82, 2.24) is 29.3 Å². The van der Waals surface area contributed by atoms with Gasteiger partial charge in [0.1, 0.15) is 0 Å². The first kappa shape index (κ1) is 55.1. The van der Waals surface area contributed by atoms with Crippen molar-refractivity contribution in [2.75, 3.05) is 26.2 Å². The van der Waals surface area contributed by atoms with Gasteiger partial charge in [-0.1, -0.05) is 154 Å². The summed E-state index contributed by atoms with van der Waals surface area (Å²) in [5.74, 6) is 5.88. The highest BCUT2D eigenvalue weighted by molar-refractivity contribution is 5.83. The summed E-state index contributed by atoms with van der Waals surface area (Å²) in [7, 11) is 0. The van der Waals surface area contributed by atoms with E-state index in [0.717, 1.165) is 67.5 Å². The first-order valence-corrected chi connectivity index (χ1v) is 26.3. The number of nitrogens with zero attached hydrogens (tertiary/aromatic N) is 5. The fraction of sp³-hybridized carbons (Fsp3) is 0.541. The highest BCUT2D eigenvalue weighted by Crippen LogP contribution is 2.26. The molecule has 1 atom stereocenters. The highest BCUT2D eigenvalue weighted by atomic mass is 15.1. The van der Waals surface area contributed by atoms with E-state index in [1.165, 1.54) is 111 Å². The summed E-state index contributed by atoms with van der Waals surface area (Å²) < 4.78 is 2.11. The van der Waals surface area contributed by atoms with Crippen LogP contribution in [0.5, 0.6) is 0 Å². The van der Waals surface area contributed by atoms with Crippen molar-refractivity contribution in [3.63, 3.8) is 0 Å². The third-order valence-electron chi connectivity index (χ3n) is 13.5. The lowest BCUT2D eigenvalue weighted by Crippen LogP contribution is -2.36. The Labute approximate surface area is 409 Å². The maximum atomic E-state index is 4.25. The Bertz CT molecular complexity index is 2060. The second kappa shape index (κ2) is 31.5. The number of fused-ring (bicyclic) bond motifs is 1. The number of benzene rings is 3. The minimum Gasteiger partial charge on any atom is -0.361 e. The number of H-pyrrole nitrogens is 1. The van der Waals surface area contributed by atoms with Crippen LogP contribution in [0.4, 0.5) is 0 Å². The van der Waals surface area contributed by atoms with Crippen LogP contribution in [0.2, 0.25) is 0 Å². The van der Waals surface area contributed by atoms with Crippen LogP contribution in [-0.4, -0.2) is 55.5 Å². The zero-order chi connectivity index (χ0) is 48.2. The van der Waals surface area contributed by atoms with Crippen LogP contribution in [-0.2, 0) is 32.5 Å². The van der Waals surface area contributed by atoms with Gasteiger partial charge in [0.05, 0.1) is 6.33 Å². The van der Waals surface area contributed by atoms with Gasteiger partial charge in [-0.3, -0.25) is 14.8 Å². The molecular formula is C61H92N6. The third kappa shape index (κ3) is 22.9. The fourth-order valence-corrected chi connectivity index (χ4v) is 8.83. The smallest absolute Gasteiger partial charge is 0.0945 e. The second-order valence-electron chi connectivity index (χ2n) is 21.2. The first-order chi connectivity index (χ1) is 32.4. The molecule has 0 bridgehead atoms. The number of likely N-dealkylation sites (tertiary alicyclic amines) is 2. The van der Waals surface area contributed by atoms with Gasteiger partial charge in [-0.25, -0.2) is 4.98 Å². The second-order valence-corrected chi connectivity index (χ2v) is 21.2. The topological polar surface area (TPSA) is 53.0 Å². The van der Waals surface area contributed by atoms with E-state index in [9.17, 15) is 0 Å². The molecule has 366 valence electrons. The monoisotopic (exact) mass is 909 g/mol. The Morgan fingerprint density at radius 1 is 0.567 bits per heavy atom. The Balaban J connectivity index is 0.000000185. The Morgan fingerprint density at radius 2 is 1.15 bits per heavy atom. The maximum Gasteiger partial charge on any atom is 0.0945 e. The molecule has 0 radical (unpaired) electrons. The van der Waals surface area contributed by atoms with E-state index >= 15 is 0 Å². The maximum absolute atomic E-state index is 4.25. The van der Waals surface area contributed by atoms with Crippen molar-refractivity contribution in [1.29, 1.82) is 0 Å². The molecule has 0 spiro atoms. The molecule has 5 heterocycles. The molecule has 6 aromatic rings. The molecule has 2 aliphatic rings. The summed E-state index contributed by atoms with van der Waals surface area (Å²) in [6, 6.07) is 36.3. The minimum atomic E-state index is 0.775. The quantitative estimate of drug-likeness (QED) is 0.112. The summed E-state index contributed by atoms with van der Waals surface area (Å²) >= 11 is 0. The van der Waals surface area contributed by atoms with Crippen molar-refractivity contribution in [2.24, 2.45) is 41.4 Å². The molecule has 0 aliphatic carbocycles. The van der Waals surface area contributed by atoms with Gasteiger partial charge in [0.2, 0.25) is 0 Å². The van der Waals surface area contributed by atoms with Gasteiger partial charge in [0.25, 0.3) is 0 Å². The van der Waals surface area contributed by atoms with Crippen LogP contribution in [0.1, 0.15) is 137 Å². The lowest BCUT2D eigenvalue weighted by atomic mass is 9.86. The van der Waals surface area contributed by atoms with E-state index in [1.54, 1.807) is 0 Å². The number of aromatic nitrogens is 4. The van der Waals surface area contributed by atoms with E-state index in [2.05, 4.69) is 196 Å². The Morgan fingerprint density at radius 3 is 1.72 bits per heavy atom. The van der Waals surface area contributed by atoms with E-state index in [4.69, 9.17) is 0 Å². The molecule has 2 saturated heterocycles. The Kier molecular flexibility index (Phi) is 25.9. The number of pyridine rings is 1. The molecule has 1 N–H and O–H groups in total. The summed E-state index contributed by atoms with van der Waals surface area (Å²) in [6.45, 7) is 31.4. The van der Waals surface area contributed by atoms with Crippen molar-refractivity contribution in [2.45, 2.75) is 147 Å². The molecule has 6 nitrogen and oxygen atoms in total. The lowest BCUT2D eigenvalue weighted by molar-refractivity contribution is 0.139. The minimum absolute atomic E-state index is 0.775. The fourth-order valence-electron chi connectivity index (χ4n) is 8.83. The van der Waals surface area contributed by atoms with Crippen LogP contribution in [0.25, 0.3) is 10.9 Å². The van der Waals surface area contributed by atoms with Crippen LogP contribution < -0.4 is 0 Å². The summed E-state index contributed by atoms with van der Waals surface area (Å²) in [4.78, 5) is 16.7. The van der Waals surface area contributed by atoms with Gasteiger partial charge in [0, 0.05) is 67.6 Å². The standard InChI is InChI=1S/2C15H23N.C13H17N.C10H15N.C8H14N2/c1-13(2)15-9-6-10-16(12-15)11-14-7-4-3-5-8-14;1-13(2)15-8-10-16(11-9-15)12-14-6-4-3-5-7-14;1-10(2)7-8-11-9-14-13-6-4-3-5-12(11)13;1-9(2)6-7-10-5-3-4-8-11-10;1-8(2)3-5-10-6-4-9-7-10/h3-5,7-8,13,15H,6,9-12H2,1-2H3;3-7,13,15H,8-12H2,1-2H3;3-6,9-10,14H,7-8H2,1-2H3;3-5,8-9H,6-7H2,1-2H3;4,6-8H,3,5H2,1-2H3. The van der Waals surface area contributed by atoms with E-state index in [-0.39, 0.29) is 0 Å². The van der Waals surface area contributed by atoms with Crippen LogP contribution in [0.3, 0.4) is 0 Å². The van der Waals surface area contributed by atoms with Gasteiger partial charge >= 0.3 is 0 Å². The van der Waals surface area contributed by atoms with Crippen LogP contribution in [0, 0.1) is 41.4 Å². The van der Waals surface area contributed by atoms with Gasteiger partial charge in [0.15, 0.2) is 0 Å². The lowest BCUT2D eigenvalue weighted by Gasteiger charge is -2.34. The molecule has 3 aromatic heterocycles. The molecule has 0 saturated carbocycles. The summed E-state index contributed by atoms with van der Waals surface area (Å²) in [6.07, 6.45) is 21.3. The zero-order valence-corrected chi connectivity index (χ0v) is 43.8. The summed E-state index contributed by atoms with van der Waals surface area (Å²) in [5.41, 5.74) is 6.82. The first-order valence-electron chi connectivity index (χ1n) is 26.3. The molecule has 3 aromatic carbocycles. The Hall–Kier alpha value is -4.52. The largest absolute Gasteiger partial charge is 0.361 e. The number of para-hydroxylation sites is 1. The van der Waals surface area contributed by atoms with E-state index in [0.29, 0.717) is 0 Å². The molecular weight excluding hydrogens is 817 g/mol. The van der Waals surface area contributed by atoms with Crippen molar-refractivity contribution in [3.05, 3.63) is 157 Å². The van der Waals surface area contributed by atoms with Crippen LogP contribution >= 0.6 is 0 Å². The SMILES string of the molecule is CC(C)C1CCCN(Cc2ccccc2)C1.CC(C)C1CCN(Cc2ccccc2)CC1.CC(C)CCc1c[nH]c2ccccc12.CC(C)CCc1ccccn1.CC(C)CCn1ccnc1. The molecule has 0 amide bonds. The van der Waals surface area contributed by atoms with E-state index in [1.807, 2.05) is 37.1 Å². The molecule has 2 fully saturated rings. The van der Waals surface area contributed by atoms with Gasteiger partial charge in [-0.05, 0) is 154 Å². The molecule has 67 heavy (non-hydrogen) atoms. The highest BCUT2D eigenvalue weighted by Gasteiger charge is 2.23. The molecule has 1 unspecified atom stereocenters. The van der Waals surface area contributed by atoms with Gasteiger partial charge in [-0.15, -0.1) is 0 Å². The number of hydrogen-bond donors (Lipinski definition) is 1. The predicted molar refractivity (Wildman–Crippen MR) is 289 cm³/mol. The number of imidazole rings is 1. The number of nitrogens with one attached hydrogen (secondary N) is 1. The average molecular weight is 909 g/mol. The number of aromatic amines is 1. The van der Waals surface area contributed by atoms with Gasteiger partial charge in [-0.2, -0.15) is 0 Å². The van der Waals surface area contributed by atoms with Crippen molar-refractivity contribution in [3.8, 4) is 0 Å². The third-order valence-corrected chi connectivity index (χ3v) is 13.5. The predicted octanol–water partition coefficient (Wildman–Crippen LogP) is 15.5. The van der Waals surface area contributed by atoms with E-state index < -0.39 is 0 Å². The molecule has 2 aliphatic heterocycles. The van der Waals surface area contributed by atoms with Gasteiger partial charge < -0.3 is 9.55 Å². The number of hydrogen-bond acceptors (Lipinski definition) is 4. The average Bonchev–Trinajstić information content (AvgIpc) is 4.02. The zero-order valence-electron chi connectivity index (χ0n) is 43.8. The number of aryl methyl sites for hydroxylation is 3. The van der Waals surface area contributed by atoms with Crippen LogP contribution in [0.15, 0.2) is 134 Å². The molecule has 6 heteroatoms. The number of rotatable bonds is 15.